The number of hydrogen-bond donors (Lipinski definition) is 1. The van der Waals surface area contributed by atoms with Crippen molar-refractivity contribution in [2.75, 3.05) is 6.54 Å². The Bertz CT molecular complexity index is 636. The van der Waals surface area contributed by atoms with Crippen molar-refractivity contribution in [1.82, 2.24) is 19.9 Å². The smallest absolute Gasteiger partial charge is 0.223 e. The summed E-state index contributed by atoms with van der Waals surface area (Å²) < 4.78 is 0. The molecule has 6 heteroatoms. The number of aliphatic hydroxyl groups excluding tert-OH is 1. The summed E-state index contributed by atoms with van der Waals surface area (Å²) in [6, 6.07) is 3.68. The van der Waals surface area contributed by atoms with Gasteiger partial charge in [0.25, 0.3) is 0 Å². The van der Waals surface area contributed by atoms with E-state index in [1.165, 1.54) is 6.33 Å². The standard InChI is InChI=1S/C17H20N4O2/c22-16-5-7-21(15(16)8-13-2-1-6-18-9-13)17(23)4-3-14-10-19-12-20-11-14/h1-2,6,9-12,15-16,22H,3-5,7-8H2/t15-,16-/m0/s1. The number of rotatable bonds is 5. The molecule has 1 fully saturated rings. The maximum absolute atomic E-state index is 12.5. The molecule has 120 valence electrons. The molecule has 2 atom stereocenters. The van der Waals surface area contributed by atoms with E-state index in [0.717, 1.165) is 11.1 Å². The second-order valence-electron chi connectivity index (χ2n) is 5.82. The van der Waals surface area contributed by atoms with Gasteiger partial charge in [0.1, 0.15) is 6.33 Å². The topological polar surface area (TPSA) is 79.2 Å². The second kappa shape index (κ2) is 7.28. The van der Waals surface area contributed by atoms with Gasteiger partial charge in [0, 0.05) is 37.8 Å². The molecule has 1 aliphatic rings. The van der Waals surface area contributed by atoms with Crippen LogP contribution in [0, 0.1) is 0 Å². The SMILES string of the molecule is O=C(CCc1cncnc1)N1CC[C@H](O)[C@@H]1Cc1cccnc1. The first-order valence-corrected chi connectivity index (χ1v) is 7.84. The van der Waals surface area contributed by atoms with Crippen LogP contribution in [0.1, 0.15) is 24.0 Å². The maximum Gasteiger partial charge on any atom is 0.223 e. The third kappa shape index (κ3) is 3.90. The van der Waals surface area contributed by atoms with E-state index in [1.54, 1.807) is 24.8 Å². The van der Waals surface area contributed by atoms with Crippen molar-refractivity contribution < 1.29 is 9.90 Å². The Morgan fingerprint density at radius 1 is 1.22 bits per heavy atom. The molecule has 6 nitrogen and oxygen atoms in total. The summed E-state index contributed by atoms with van der Waals surface area (Å²) in [6.07, 6.45) is 10.3. The van der Waals surface area contributed by atoms with Gasteiger partial charge in [-0.15, -0.1) is 0 Å². The number of aromatic nitrogens is 3. The van der Waals surface area contributed by atoms with Crippen molar-refractivity contribution in [2.24, 2.45) is 0 Å². The molecule has 1 aliphatic heterocycles. The molecule has 2 aromatic heterocycles. The Labute approximate surface area is 135 Å². The van der Waals surface area contributed by atoms with E-state index >= 15 is 0 Å². The van der Waals surface area contributed by atoms with E-state index in [4.69, 9.17) is 0 Å². The van der Waals surface area contributed by atoms with Crippen LogP contribution >= 0.6 is 0 Å². The van der Waals surface area contributed by atoms with Crippen molar-refractivity contribution in [3.05, 3.63) is 54.4 Å². The first kappa shape index (κ1) is 15.6. The summed E-state index contributed by atoms with van der Waals surface area (Å²) in [6.45, 7) is 0.607. The molecule has 0 aliphatic carbocycles. The van der Waals surface area contributed by atoms with Gasteiger partial charge in [-0.25, -0.2) is 9.97 Å². The van der Waals surface area contributed by atoms with Gasteiger partial charge in [-0.05, 0) is 36.5 Å². The molecular formula is C17H20N4O2. The van der Waals surface area contributed by atoms with E-state index in [9.17, 15) is 9.90 Å². The molecule has 3 rings (SSSR count). The summed E-state index contributed by atoms with van der Waals surface area (Å²) in [5.41, 5.74) is 1.98. The number of nitrogens with zero attached hydrogens (tertiary/aromatic N) is 4. The Morgan fingerprint density at radius 3 is 2.74 bits per heavy atom. The highest BCUT2D eigenvalue weighted by Gasteiger charge is 2.35. The van der Waals surface area contributed by atoms with Crippen molar-refractivity contribution >= 4 is 5.91 Å². The average Bonchev–Trinajstić information content (AvgIpc) is 2.95. The lowest BCUT2D eigenvalue weighted by Crippen LogP contribution is -2.41. The summed E-state index contributed by atoms with van der Waals surface area (Å²) in [4.78, 5) is 26.3. The fraction of sp³-hybridized carbons (Fsp3) is 0.412. The average molecular weight is 312 g/mol. The zero-order chi connectivity index (χ0) is 16.1. The van der Waals surface area contributed by atoms with E-state index in [2.05, 4.69) is 15.0 Å². The summed E-state index contributed by atoms with van der Waals surface area (Å²) in [7, 11) is 0. The van der Waals surface area contributed by atoms with Crippen LogP contribution in [0.2, 0.25) is 0 Å². The fourth-order valence-electron chi connectivity index (χ4n) is 3.01. The molecule has 1 saturated heterocycles. The molecule has 0 saturated carbocycles. The van der Waals surface area contributed by atoms with Gasteiger partial charge in [0.15, 0.2) is 0 Å². The minimum atomic E-state index is -0.473. The van der Waals surface area contributed by atoms with Crippen LogP contribution in [0.3, 0.4) is 0 Å². The molecule has 1 N–H and O–H groups in total. The molecule has 0 aromatic carbocycles. The summed E-state index contributed by atoms with van der Waals surface area (Å²) in [5.74, 6) is 0.0688. The molecule has 0 spiro atoms. The van der Waals surface area contributed by atoms with E-state index in [0.29, 0.717) is 32.2 Å². The minimum Gasteiger partial charge on any atom is -0.391 e. The Kier molecular flexibility index (Phi) is 4.92. The van der Waals surface area contributed by atoms with Gasteiger partial charge in [0.05, 0.1) is 12.1 Å². The number of carbonyl (C=O) groups is 1. The van der Waals surface area contributed by atoms with Crippen molar-refractivity contribution in [1.29, 1.82) is 0 Å². The predicted octanol–water partition coefficient (Wildman–Crippen LogP) is 1.01. The Balaban J connectivity index is 1.62. The summed E-state index contributed by atoms with van der Waals surface area (Å²) in [5, 5.41) is 10.2. The maximum atomic E-state index is 12.5. The molecule has 0 radical (unpaired) electrons. The second-order valence-corrected chi connectivity index (χ2v) is 5.82. The normalized spacial score (nSPS) is 20.7. The number of pyridine rings is 1. The number of hydrogen-bond acceptors (Lipinski definition) is 5. The third-order valence-corrected chi connectivity index (χ3v) is 4.24. The van der Waals surface area contributed by atoms with Crippen molar-refractivity contribution in [3.8, 4) is 0 Å². The molecule has 0 bridgehead atoms. The molecular weight excluding hydrogens is 292 g/mol. The fourth-order valence-corrected chi connectivity index (χ4v) is 3.01. The van der Waals surface area contributed by atoms with Gasteiger partial charge in [-0.3, -0.25) is 9.78 Å². The van der Waals surface area contributed by atoms with Gasteiger partial charge in [-0.1, -0.05) is 6.07 Å². The number of aryl methyl sites for hydroxylation is 1. The lowest BCUT2D eigenvalue weighted by molar-refractivity contribution is -0.132. The highest BCUT2D eigenvalue weighted by Crippen LogP contribution is 2.23. The van der Waals surface area contributed by atoms with Crippen molar-refractivity contribution in [2.45, 2.75) is 37.8 Å². The Morgan fingerprint density at radius 2 is 2.00 bits per heavy atom. The van der Waals surface area contributed by atoms with Gasteiger partial charge in [0.2, 0.25) is 5.91 Å². The van der Waals surface area contributed by atoms with Crippen LogP contribution in [0.25, 0.3) is 0 Å². The zero-order valence-corrected chi connectivity index (χ0v) is 12.9. The van der Waals surface area contributed by atoms with Gasteiger partial charge < -0.3 is 10.0 Å². The largest absolute Gasteiger partial charge is 0.391 e. The van der Waals surface area contributed by atoms with Crippen LogP contribution in [-0.4, -0.2) is 49.6 Å². The van der Waals surface area contributed by atoms with Crippen LogP contribution < -0.4 is 0 Å². The van der Waals surface area contributed by atoms with Crippen LogP contribution in [0.15, 0.2) is 43.2 Å². The van der Waals surface area contributed by atoms with Gasteiger partial charge in [-0.2, -0.15) is 0 Å². The first-order valence-electron chi connectivity index (χ1n) is 7.84. The number of carbonyl (C=O) groups excluding carboxylic acids is 1. The number of likely N-dealkylation sites (tertiary alicyclic amines) is 1. The molecule has 0 unspecified atom stereocenters. The first-order chi connectivity index (χ1) is 11.2. The highest BCUT2D eigenvalue weighted by molar-refractivity contribution is 5.77. The predicted molar refractivity (Wildman–Crippen MR) is 84.4 cm³/mol. The van der Waals surface area contributed by atoms with Crippen LogP contribution in [0.4, 0.5) is 0 Å². The minimum absolute atomic E-state index is 0.0688. The molecule has 1 amide bonds. The van der Waals surface area contributed by atoms with Gasteiger partial charge >= 0.3 is 0 Å². The number of amides is 1. The number of aliphatic hydroxyl groups is 1. The van der Waals surface area contributed by atoms with E-state index in [1.807, 2.05) is 17.0 Å². The van der Waals surface area contributed by atoms with Crippen LogP contribution in [0.5, 0.6) is 0 Å². The lowest BCUT2D eigenvalue weighted by atomic mass is 10.0. The monoisotopic (exact) mass is 312 g/mol. The van der Waals surface area contributed by atoms with Crippen LogP contribution in [-0.2, 0) is 17.6 Å². The van der Waals surface area contributed by atoms with E-state index < -0.39 is 6.10 Å². The van der Waals surface area contributed by atoms with Crippen molar-refractivity contribution in [3.63, 3.8) is 0 Å². The quantitative estimate of drug-likeness (QED) is 0.891. The molecule has 2 aromatic rings. The highest BCUT2D eigenvalue weighted by atomic mass is 16.3. The molecule has 23 heavy (non-hydrogen) atoms. The summed E-state index contributed by atoms with van der Waals surface area (Å²) >= 11 is 0. The Hall–Kier alpha value is -2.34. The zero-order valence-electron chi connectivity index (χ0n) is 12.9. The third-order valence-electron chi connectivity index (χ3n) is 4.24. The molecule has 3 heterocycles. The van der Waals surface area contributed by atoms with E-state index in [-0.39, 0.29) is 11.9 Å². The lowest BCUT2D eigenvalue weighted by Gasteiger charge is -2.26.